The maximum Gasteiger partial charge on any atom is 0.147 e. The molecular formula is C12H20ClN3O2. The van der Waals surface area contributed by atoms with Crippen molar-refractivity contribution in [1.29, 1.82) is 0 Å². The molecule has 0 aliphatic rings. The van der Waals surface area contributed by atoms with Gasteiger partial charge in [-0.1, -0.05) is 0 Å². The third kappa shape index (κ3) is 5.16. The molecule has 1 rings (SSSR count). The number of nitrogens with zero attached hydrogens (tertiary/aromatic N) is 3. The highest BCUT2D eigenvalue weighted by Crippen LogP contribution is 2.10. The highest BCUT2D eigenvalue weighted by Gasteiger charge is 2.08. The van der Waals surface area contributed by atoms with Gasteiger partial charge in [0.15, 0.2) is 0 Å². The van der Waals surface area contributed by atoms with Crippen LogP contribution in [0.3, 0.4) is 0 Å². The first-order valence-electron chi connectivity index (χ1n) is 5.91. The third-order valence-corrected chi connectivity index (χ3v) is 2.77. The lowest BCUT2D eigenvalue weighted by Crippen LogP contribution is -2.30. The molecule has 0 aliphatic carbocycles. The Hall–Kier alpha value is -0.910. The van der Waals surface area contributed by atoms with E-state index in [0.29, 0.717) is 12.5 Å². The average Bonchev–Trinajstić information content (AvgIpc) is 2.43. The first-order valence-corrected chi connectivity index (χ1v) is 6.45. The lowest BCUT2D eigenvalue weighted by molar-refractivity contribution is 0.191. The van der Waals surface area contributed by atoms with Gasteiger partial charge in [0.2, 0.25) is 0 Å². The SMILES string of the molecule is COCCCN(CCOC)c1cnc(CCl)cn1. The Bertz CT molecular complexity index is 322. The van der Waals surface area contributed by atoms with Crippen LogP contribution in [0.4, 0.5) is 5.82 Å². The molecule has 6 heteroatoms. The van der Waals surface area contributed by atoms with Gasteiger partial charge in [-0.3, -0.25) is 4.98 Å². The zero-order chi connectivity index (χ0) is 13.2. The van der Waals surface area contributed by atoms with Crippen molar-refractivity contribution in [3.63, 3.8) is 0 Å². The third-order valence-electron chi connectivity index (χ3n) is 2.49. The second kappa shape index (κ2) is 9.08. The molecule has 0 unspecified atom stereocenters. The Balaban J connectivity index is 2.60. The maximum absolute atomic E-state index is 5.69. The van der Waals surface area contributed by atoms with E-state index in [0.717, 1.165) is 37.6 Å². The topological polar surface area (TPSA) is 47.5 Å². The molecule has 0 amide bonds. The van der Waals surface area contributed by atoms with Crippen LogP contribution in [0.2, 0.25) is 0 Å². The van der Waals surface area contributed by atoms with Crippen molar-refractivity contribution >= 4 is 17.4 Å². The van der Waals surface area contributed by atoms with Crippen molar-refractivity contribution in [2.75, 3.05) is 45.4 Å². The summed E-state index contributed by atoms with van der Waals surface area (Å²) in [5.41, 5.74) is 0.781. The van der Waals surface area contributed by atoms with Crippen molar-refractivity contribution in [3.05, 3.63) is 18.1 Å². The van der Waals surface area contributed by atoms with Crippen molar-refractivity contribution < 1.29 is 9.47 Å². The lowest BCUT2D eigenvalue weighted by atomic mass is 10.3. The van der Waals surface area contributed by atoms with Gasteiger partial charge in [-0.25, -0.2) is 4.98 Å². The standard InChI is InChI=1S/C12H20ClN3O2/c1-17-6-3-4-16(5-7-18-2)12-10-14-11(8-13)9-15-12/h9-10H,3-8H2,1-2H3. The van der Waals surface area contributed by atoms with Crippen LogP contribution in [-0.4, -0.2) is 50.5 Å². The Morgan fingerprint density at radius 2 is 1.89 bits per heavy atom. The number of methoxy groups -OCH3 is 2. The minimum absolute atomic E-state index is 0.384. The fraction of sp³-hybridized carbons (Fsp3) is 0.667. The van der Waals surface area contributed by atoms with Crippen molar-refractivity contribution in [3.8, 4) is 0 Å². The van der Waals surface area contributed by atoms with Gasteiger partial charge in [0.1, 0.15) is 5.82 Å². The molecule has 1 aromatic rings. The number of hydrogen-bond donors (Lipinski definition) is 0. The van der Waals surface area contributed by atoms with E-state index in [-0.39, 0.29) is 0 Å². The predicted molar refractivity (Wildman–Crippen MR) is 72.2 cm³/mol. The number of halogens is 1. The highest BCUT2D eigenvalue weighted by atomic mass is 35.5. The maximum atomic E-state index is 5.69. The van der Waals surface area contributed by atoms with E-state index < -0.39 is 0 Å². The summed E-state index contributed by atoms with van der Waals surface area (Å²) in [6.45, 7) is 3.05. The predicted octanol–water partition coefficient (Wildman–Crippen LogP) is 1.70. The molecule has 0 aromatic carbocycles. The smallest absolute Gasteiger partial charge is 0.147 e. The van der Waals surface area contributed by atoms with E-state index in [1.807, 2.05) is 0 Å². The first-order chi connectivity index (χ1) is 8.81. The molecule has 18 heavy (non-hydrogen) atoms. The molecule has 0 saturated heterocycles. The van der Waals surface area contributed by atoms with Crippen LogP contribution < -0.4 is 4.90 Å². The van der Waals surface area contributed by atoms with E-state index in [9.17, 15) is 0 Å². The molecule has 102 valence electrons. The molecule has 1 aromatic heterocycles. The fourth-order valence-electron chi connectivity index (χ4n) is 1.52. The average molecular weight is 274 g/mol. The van der Waals surface area contributed by atoms with Gasteiger partial charge < -0.3 is 14.4 Å². The summed E-state index contributed by atoms with van der Waals surface area (Å²) in [6, 6.07) is 0. The van der Waals surface area contributed by atoms with Crippen molar-refractivity contribution in [2.45, 2.75) is 12.3 Å². The highest BCUT2D eigenvalue weighted by molar-refractivity contribution is 6.16. The zero-order valence-corrected chi connectivity index (χ0v) is 11.7. The molecule has 0 fully saturated rings. The summed E-state index contributed by atoms with van der Waals surface area (Å²) in [5, 5.41) is 0. The minimum Gasteiger partial charge on any atom is -0.385 e. The minimum atomic E-state index is 0.384. The number of alkyl halides is 1. The van der Waals surface area contributed by atoms with Gasteiger partial charge in [-0.15, -0.1) is 11.6 Å². The lowest BCUT2D eigenvalue weighted by Gasteiger charge is -2.22. The molecule has 0 bridgehead atoms. The van der Waals surface area contributed by atoms with Crippen LogP contribution in [0.5, 0.6) is 0 Å². The Morgan fingerprint density at radius 1 is 1.11 bits per heavy atom. The zero-order valence-electron chi connectivity index (χ0n) is 10.9. The normalized spacial score (nSPS) is 10.6. The molecule has 0 N–H and O–H groups in total. The summed E-state index contributed by atoms with van der Waals surface area (Å²) >= 11 is 5.69. The number of hydrogen-bond acceptors (Lipinski definition) is 5. The van der Waals surface area contributed by atoms with Gasteiger partial charge >= 0.3 is 0 Å². The summed E-state index contributed by atoms with van der Waals surface area (Å²) < 4.78 is 10.2. The molecule has 5 nitrogen and oxygen atoms in total. The van der Waals surface area contributed by atoms with Crippen molar-refractivity contribution in [2.24, 2.45) is 0 Å². The largest absolute Gasteiger partial charge is 0.385 e. The van der Waals surface area contributed by atoms with E-state index in [1.165, 1.54) is 0 Å². The van der Waals surface area contributed by atoms with Crippen molar-refractivity contribution in [1.82, 2.24) is 9.97 Å². The fourth-order valence-corrected chi connectivity index (χ4v) is 1.66. The van der Waals surface area contributed by atoms with Crippen LogP contribution in [-0.2, 0) is 15.4 Å². The van der Waals surface area contributed by atoms with Crippen LogP contribution >= 0.6 is 11.6 Å². The number of anilines is 1. The molecular weight excluding hydrogens is 254 g/mol. The molecule has 0 aliphatic heterocycles. The number of rotatable bonds is 9. The second-order valence-corrected chi connectivity index (χ2v) is 4.09. The first kappa shape index (κ1) is 15.1. The number of aromatic nitrogens is 2. The Kier molecular flexibility index (Phi) is 7.64. The summed E-state index contributed by atoms with van der Waals surface area (Å²) in [5.74, 6) is 1.23. The van der Waals surface area contributed by atoms with Gasteiger partial charge in [0.25, 0.3) is 0 Å². The van der Waals surface area contributed by atoms with Gasteiger partial charge in [0.05, 0.1) is 30.6 Å². The van der Waals surface area contributed by atoms with Gasteiger partial charge in [-0.2, -0.15) is 0 Å². The van der Waals surface area contributed by atoms with Gasteiger partial charge in [-0.05, 0) is 6.42 Å². The monoisotopic (exact) mass is 273 g/mol. The summed E-state index contributed by atoms with van der Waals surface area (Å²) in [4.78, 5) is 10.7. The Labute approximate surface area is 113 Å². The second-order valence-electron chi connectivity index (χ2n) is 3.83. The summed E-state index contributed by atoms with van der Waals surface area (Å²) in [6.07, 6.45) is 4.40. The summed E-state index contributed by atoms with van der Waals surface area (Å²) in [7, 11) is 3.39. The molecule has 1 heterocycles. The van der Waals surface area contributed by atoms with Crippen LogP contribution in [0.25, 0.3) is 0 Å². The van der Waals surface area contributed by atoms with Crippen LogP contribution in [0, 0.1) is 0 Å². The molecule has 0 spiro atoms. The van der Waals surface area contributed by atoms with Gasteiger partial charge in [0, 0.05) is 33.9 Å². The van der Waals surface area contributed by atoms with E-state index in [1.54, 1.807) is 26.6 Å². The Morgan fingerprint density at radius 3 is 2.44 bits per heavy atom. The van der Waals surface area contributed by atoms with E-state index >= 15 is 0 Å². The molecule has 0 radical (unpaired) electrons. The number of ether oxygens (including phenoxy) is 2. The van der Waals surface area contributed by atoms with E-state index in [4.69, 9.17) is 21.1 Å². The van der Waals surface area contributed by atoms with E-state index in [2.05, 4.69) is 14.9 Å². The quantitative estimate of drug-likeness (QED) is 0.506. The van der Waals surface area contributed by atoms with Crippen LogP contribution in [0.15, 0.2) is 12.4 Å². The molecule has 0 saturated carbocycles. The molecule has 0 atom stereocenters. The van der Waals surface area contributed by atoms with Crippen LogP contribution in [0.1, 0.15) is 12.1 Å².